The summed E-state index contributed by atoms with van der Waals surface area (Å²) in [7, 11) is 1.22. The van der Waals surface area contributed by atoms with E-state index in [1.807, 2.05) is 0 Å². The Bertz CT molecular complexity index is 506. The number of benzene rings is 1. The van der Waals surface area contributed by atoms with Crippen molar-refractivity contribution in [3.05, 3.63) is 42.5 Å². The summed E-state index contributed by atoms with van der Waals surface area (Å²) in [5, 5.41) is 0. The van der Waals surface area contributed by atoms with Crippen molar-refractivity contribution in [3.63, 3.8) is 0 Å². The van der Waals surface area contributed by atoms with Crippen LogP contribution in [0.2, 0.25) is 0 Å². The quantitative estimate of drug-likeness (QED) is 0.450. The topological polar surface area (TPSA) is 78.9 Å². The van der Waals surface area contributed by atoms with Gasteiger partial charge < -0.3 is 14.2 Å². The fraction of sp³-hybridized carbons (Fsp3) is 0.154. The Morgan fingerprint density at radius 3 is 2.58 bits per heavy atom. The smallest absolute Gasteiger partial charge is 0.349 e. The number of hydrogen-bond acceptors (Lipinski definition) is 6. The molecule has 0 saturated heterocycles. The van der Waals surface area contributed by atoms with E-state index in [0.717, 1.165) is 6.08 Å². The molecule has 0 fully saturated rings. The molecule has 0 heterocycles. The van der Waals surface area contributed by atoms with Crippen molar-refractivity contribution in [1.29, 1.82) is 0 Å². The molecule has 0 spiro atoms. The summed E-state index contributed by atoms with van der Waals surface area (Å²) in [6, 6.07) is 6.07. The van der Waals surface area contributed by atoms with Crippen LogP contribution < -0.4 is 4.74 Å². The van der Waals surface area contributed by atoms with E-state index in [4.69, 9.17) is 4.74 Å². The lowest BCUT2D eigenvalue weighted by atomic mass is 10.2. The second-order valence-corrected chi connectivity index (χ2v) is 3.27. The highest BCUT2D eigenvalue weighted by molar-refractivity contribution is 5.93. The highest BCUT2D eigenvalue weighted by Crippen LogP contribution is 2.18. The Balaban J connectivity index is 2.71. The number of rotatable bonds is 5. The van der Waals surface area contributed by atoms with E-state index in [0.29, 0.717) is 0 Å². The van der Waals surface area contributed by atoms with E-state index in [9.17, 15) is 14.4 Å². The van der Waals surface area contributed by atoms with E-state index in [2.05, 4.69) is 16.1 Å². The van der Waals surface area contributed by atoms with E-state index in [1.54, 1.807) is 12.1 Å². The Morgan fingerprint density at radius 2 is 1.95 bits per heavy atom. The molecule has 1 aromatic carbocycles. The van der Waals surface area contributed by atoms with Crippen LogP contribution in [0.3, 0.4) is 0 Å². The zero-order valence-corrected chi connectivity index (χ0v) is 10.3. The van der Waals surface area contributed by atoms with Gasteiger partial charge in [0.2, 0.25) is 0 Å². The maximum Gasteiger partial charge on any atom is 0.349 e. The van der Waals surface area contributed by atoms with Gasteiger partial charge in [0.05, 0.1) is 7.11 Å². The van der Waals surface area contributed by atoms with Crippen LogP contribution in [0.15, 0.2) is 36.9 Å². The van der Waals surface area contributed by atoms with Crippen molar-refractivity contribution in [2.75, 3.05) is 13.7 Å². The molecule has 0 atom stereocenters. The van der Waals surface area contributed by atoms with Gasteiger partial charge in [0.1, 0.15) is 11.3 Å². The van der Waals surface area contributed by atoms with Crippen molar-refractivity contribution < 1.29 is 28.6 Å². The van der Waals surface area contributed by atoms with E-state index >= 15 is 0 Å². The van der Waals surface area contributed by atoms with Crippen LogP contribution in [-0.4, -0.2) is 31.6 Å². The predicted molar refractivity (Wildman–Crippen MR) is 64.6 cm³/mol. The molecule has 0 saturated carbocycles. The summed E-state index contributed by atoms with van der Waals surface area (Å²) in [5.41, 5.74) is 0.105. The van der Waals surface area contributed by atoms with E-state index in [-0.39, 0.29) is 11.3 Å². The number of carbonyl (C=O) groups is 3. The normalized spacial score (nSPS) is 9.32. The minimum atomic E-state index is -0.813. The zero-order chi connectivity index (χ0) is 14.3. The molecular weight excluding hydrogens is 252 g/mol. The molecule has 0 aliphatic rings. The SMILES string of the molecule is C=CC(=O)OCC(=O)Oc1ccccc1C(=O)OC. The minimum Gasteiger partial charge on any atom is -0.465 e. The van der Waals surface area contributed by atoms with Gasteiger partial charge in [-0.2, -0.15) is 0 Å². The highest BCUT2D eigenvalue weighted by Gasteiger charge is 2.15. The molecule has 0 aromatic heterocycles. The number of para-hydroxylation sites is 1. The number of carbonyl (C=O) groups excluding carboxylic acids is 3. The highest BCUT2D eigenvalue weighted by atomic mass is 16.6. The third-order valence-corrected chi connectivity index (χ3v) is 2.02. The lowest BCUT2D eigenvalue weighted by Gasteiger charge is -2.08. The molecule has 0 unspecified atom stereocenters. The summed E-state index contributed by atoms with van der Waals surface area (Å²) >= 11 is 0. The molecule has 6 heteroatoms. The Hall–Kier alpha value is -2.63. The van der Waals surface area contributed by atoms with Gasteiger partial charge in [0, 0.05) is 6.08 Å². The molecule has 6 nitrogen and oxygen atoms in total. The zero-order valence-electron chi connectivity index (χ0n) is 10.3. The molecule has 0 radical (unpaired) electrons. The van der Waals surface area contributed by atoms with Crippen molar-refractivity contribution in [1.82, 2.24) is 0 Å². The molecule has 100 valence electrons. The predicted octanol–water partition coefficient (Wildman–Crippen LogP) is 1.11. The molecule has 0 bridgehead atoms. The van der Waals surface area contributed by atoms with E-state index < -0.39 is 24.5 Å². The lowest BCUT2D eigenvalue weighted by Crippen LogP contribution is -2.19. The van der Waals surface area contributed by atoms with Crippen molar-refractivity contribution in [2.45, 2.75) is 0 Å². The average Bonchev–Trinajstić information content (AvgIpc) is 2.44. The standard InChI is InChI=1S/C13H12O6/c1-3-11(14)18-8-12(15)19-10-7-5-4-6-9(10)13(16)17-2/h3-7H,1,8H2,2H3. The number of hydrogen-bond donors (Lipinski definition) is 0. The number of methoxy groups -OCH3 is 1. The first kappa shape index (κ1) is 14.4. The summed E-state index contributed by atoms with van der Waals surface area (Å²) in [5.74, 6) is -2.15. The largest absolute Gasteiger partial charge is 0.465 e. The monoisotopic (exact) mass is 264 g/mol. The van der Waals surface area contributed by atoms with Gasteiger partial charge >= 0.3 is 17.9 Å². The first-order valence-corrected chi connectivity index (χ1v) is 5.25. The Morgan fingerprint density at radius 1 is 1.26 bits per heavy atom. The van der Waals surface area contributed by atoms with Crippen LogP contribution in [0.5, 0.6) is 5.75 Å². The summed E-state index contributed by atoms with van der Waals surface area (Å²) in [4.78, 5) is 33.6. The van der Waals surface area contributed by atoms with Crippen molar-refractivity contribution in [2.24, 2.45) is 0 Å². The third kappa shape index (κ3) is 4.27. The lowest BCUT2D eigenvalue weighted by molar-refractivity contribution is -0.150. The van der Waals surface area contributed by atoms with Gasteiger partial charge in [0.15, 0.2) is 6.61 Å². The van der Waals surface area contributed by atoms with Crippen LogP contribution >= 0.6 is 0 Å². The Labute approximate surface area is 109 Å². The third-order valence-electron chi connectivity index (χ3n) is 2.02. The molecular formula is C13H12O6. The Kier molecular flexibility index (Phi) is 5.28. The fourth-order valence-electron chi connectivity index (χ4n) is 1.18. The number of ether oxygens (including phenoxy) is 3. The first-order chi connectivity index (χ1) is 9.08. The average molecular weight is 264 g/mol. The first-order valence-electron chi connectivity index (χ1n) is 5.25. The van der Waals surface area contributed by atoms with Crippen LogP contribution in [-0.2, 0) is 19.1 Å². The van der Waals surface area contributed by atoms with Crippen molar-refractivity contribution in [3.8, 4) is 5.75 Å². The van der Waals surface area contributed by atoms with Crippen LogP contribution in [0.4, 0.5) is 0 Å². The van der Waals surface area contributed by atoms with Gasteiger partial charge in [0.25, 0.3) is 0 Å². The number of esters is 3. The van der Waals surface area contributed by atoms with Crippen LogP contribution in [0, 0.1) is 0 Å². The van der Waals surface area contributed by atoms with Gasteiger partial charge in [-0.1, -0.05) is 18.7 Å². The molecule has 0 aliphatic carbocycles. The molecule has 0 aliphatic heterocycles. The minimum absolute atomic E-state index is 0.0361. The van der Waals surface area contributed by atoms with E-state index in [1.165, 1.54) is 19.2 Å². The van der Waals surface area contributed by atoms with Gasteiger partial charge in [-0.25, -0.2) is 14.4 Å². The second-order valence-electron chi connectivity index (χ2n) is 3.27. The summed E-state index contributed by atoms with van der Waals surface area (Å²) < 4.78 is 14.0. The van der Waals surface area contributed by atoms with Crippen molar-refractivity contribution >= 4 is 17.9 Å². The molecule has 1 rings (SSSR count). The second kappa shape index (κ2) is 6.95. The summed E-state index contributed by atoms with van der Waals surface area (Å²) in [6.45, 7) is 2.61. The molecule has 0 N–H and O–H groups in total. The van der Waals surface area contributed by atoms with Gasteiger partial charge in [-0.3, -0.25) is 0 Å². The molecule has 1 aromatic rings. The maximum absolute atomic E-state index is 11.4. The van der Waals surface area contributed by atoms with Crippen LogP contribution in [0.25, 0.3) is 0 Å². The van der Waals surface area contributed by atoms with Gasteiger partial charge in [-0.15, -0.1) is 0 Å². The maximum atomic E-state index is 11.4. The van der Waals surface area contributed by atoms with Gasteiger partial charge in [-0.05, 0) is 12.1 Å². The summed E-state index contributed by atoms with van der Waals surface area (Å²) in [6.07, 6.45) is 0.926. The van der Waals surface area contributed by atoms with Crippen LogP contribution in [0.1, 0.15) is 10.4 Å². The molecule has 0 amide bonds. The molecule has 19 heavy (non-hydrogen) atoms. The fourth-order valence-corrected chi connectivity index (χ4v) is 1.18.